The molecule has 0 aliphatic heterocycles. The number of ether oxygens (including phenoxy) is 3. The van der Waals surface area contributed by atoms with Crippen molar-refractivity contribution in [2.24, 2.45) is 7.05 Å². The second-order valence-corrected chi connectivity index (χ2v) is 10.9. The molecule has 0 unspecified atom stereocenters. The molecule has 10 nitrogen and oxygen atoms in total. The zero-order valence-electron chi connectivity index (χ0n) is 25.0. The number of hydrogen-bond donors (Lipinski definition) is 1. The van der Waals surface area contributed by atoms with Crippen LogP contribution in [-0.2, 0) is 18.3 Å². The van der Waals surface area contributed by atoms with Gasteiger partial charge in [0.25, 0.3) is 0 Å². The molecule has 0 bridgehead atoms. The molecule has 0 aliphatic rings. The van der Waals surface area contributed by atoms with Crippen molar-refractivity contribution in [2.75, 3.05) is 25.5 Å². The van der Waals surface area contributed by atoms with Gasteiger partial charge in [-0.15, -0.1) is 0 Å². The largest absolute Gasteiger partial charge is 0.497 e. The summed E-state index contributed by atoms with van der Waals surface area (Å²) in [6.45, 7) is 14.8. The molecule has 218 valence electrons. The van der Waals surface area contributed by atoms with Crippen LogP contribution in [0.3, 0.4) is 0 Å². The van der Waals surface area contributed by atoms with Gasteiger partial charge in [-0.05, 0) is 64.5 Å². The predicted molar refractivity (Wildman–Crippen MR) is 161 cm³/mol. The average molecular weight is 561 g/mol. The summed E-state index contributed by atoms with van der Waals surface area (Å²) in [4.78, 5) is 18.9. The Morgan fingerprint density at radius 1 is 1.22 bits per heavy atom. The summed E-state index contributed by atoms with van der Waals surface area (Å²) in [5, 5.41) is 8.02. The highest BCUT2D eigenvalue weighted by Crippen LogP contribution is 2.34. The Bertz CT molecular complexity index is 1500. The van der Waals surface area contributed by atoms with Crippen molar-refractivity contribution in [3.8, 4) is 22.8 Å². The van der Waals surface area contributed by atoms with Crippen LogP contribution in [0.15, 0.2) is 55.5 Å². The van der Waals surface area contributed by atoms with Crippen molar-refractivity contribution in [1.82, 2.24) is 24.1 Å². The van der Waals surface area contributed by atoms with E-state index in [0.717, 1.165) is 39.5 Å². The van der Waals surface area contributed by atoms with Crippen LogP contribution in [0.4, 0.5) is 10.5 Å². The van der Waals surface area contributed by atoms with Crippen LogP contribution in [-0.4, -0.2) is 62.1 Å². The maximum Gasteiger partial charge on any atom is 0.410 e. The summed E-state index contributed by atoms with van der Waals surface area (Å²) in [7, 11) is 3.49. The monoisotopic (exact) mass is 560 g/mol. The predicted octanol–water partition coefficient (Wildman–Crippen LogP) is 6.02. The Labute approximate surface area is 241 Å². The summed E-state index contributed by atoms with van der Waals surface area (Å²) < 4.78 is 20.9. The van der Waals surface area contributed by atoms with E-state index in [-0.39, 0.29) is 12.2 Å². The number of nitrogens with zero attached hydrogens (tertiary/aromatic N) is 5. The van der Waals surface area contributed by atoms with Gasteiger partial charge in [-0.3, -0.25) is 4.40 Å². The van der Waals surface area contributed by atoms with E-state index in [0.29, 0.717) is 25.5 Å². The van der Waals surface area contributed by atoms with Crippen molar-refractivity contribution >= 4 is 23.5 Å². The van der Waals surface area contributed by atoms with Crippen LogP contribution in [0, 0.1) is 0 Å². The van der Waals surface area contributed by atoms with Gasteiger partial charge in [0.2, 0.25) is 5.88 Å². The summed E-state index contributed by atoms with van der Waals surface area (Å²) in [5.74, 6) is 1.41. The van der Waals surface area contributed by atoms with Crippen molar-refractivity contribution in [3.63, 3.8) is 0 Å². The lowest BCUT2D eigenvalue weighted by Crippen LogP contribution is -2.41. The van der Waals surface area contributed by atoms with Gasteiger partial charge in [-0.25, -0.2) is 14.5 Å². The summed E-state index contributed by atoms with van der Waals surface area (Å²) in [6.07, 6.45) is 6.68. The number of aromatic nitrogens is 4. The topological polar surface area (TPSA) is 95.1 Å². The Morgan fingerprint density at radius 2 is 1.95 bits per heavy atom. The van der Waals surface area contributed by atoms with Gasteiger partial charge in [-0.1, -0.05) is 18.7 Å². The molecule has 1 atom stereocenters. The quantitative estimate of drug-likeness (QED) is 0.240. The highest BCUT2D eigenvalue weighted by Gasteiger charge is 2.24. The smallest absolute Gasteiger partial charge is 0.410 e. The maximum atomic E-state index is 12.7. The van der Waals surface area contributed by atoms with Crippen LogP contribution in [0.1, 0.15) is 45.9 Å². The van der Waals surface area contributed by atoms with Crippen molar-refractivity contribution < 1.29 is 19.0 Å². The fourth-order valence-corrected chi connectivity index (χ4v) is 4.44. The van der Waals surface area contributed by atoms with Gasteiger partial charge >= 0.3 is 6.09 Å². The summed E-state index contributed by atoms with van der Waals surface area (Å²) >= 11 is 0. The minimum Gasteiger partial charge on any atom is -0.497 e. The number of hydrogen-bond acceptors (Lipinski definition) is 7. The number of likely N-dealkylation sites (N-methyl/N-ethyl adjacent to an activating group) is 1. The zero-order chi connectivity index (χ0) is 29.7. The Hall–Kier alpha value is -4.47. The summed E-state index contributed by atoms with van der Waals surface area (Å²) in [6, 6.07) is 9.98. The van der Waals surface area contributed by atoms with Gasteiger partial charge in [0, 0.05) is 31.9 Å². The minimum absolute atomic E-state index is 0.315. The van der Waals surface area contributed by atoms with Crippen LogP contribution >= 0.6 is 0 Å². The number of nitrogens with one attached hydrogen (secondary N) is 1. The molecular formula is C31H40N6O4. The highest BCUT2D eigenvalue weighted by atomic mass is 16.6. The van der Waals surface area contributed by atoms with E-state index in [2.05, 4.69) is 22.0 Å². The number of imidazole rings is 1. The number of methoxy groups -OCH3 is 1. The molecule has 4 rings (SSSR count). The third kappa shape index (κ3) is 7.00. The van der Waals surface area contributed by atoms with Crippen LogP contribution in [0.25, 0.3) is 22.9 Å². The van der Waals surface area contributed by atoms with Crippen LogP contribution in [0.5, 0.6) is 11.6 Å². The second-order valence-electron chi connectivity index (χ2n) is 10.9. The molecule has 41 heavy (non-hydrogen) atoms. The lowest BCUT2D eigenvalue weighted by molar-refractivity contribution is 0.0188. The Balaban J connectivity index is 1.61. The number of pyridine rings is 1. The number of benzene rings is 1. The highest BCUT2D eigenvalue weighted by molar-refractivity contribution is 5.79. The zero-order valence-corrected chi connectivity index (χ0v) is 25.0. The number of aryl methyl sites for hydroxylation is 1. The standard InChI is InChI=1S/C31H40N6O4/c1-9-24-17-33-28-27(32-16-22-11-13-25(39-8)14-12-22)15-23(20-37(24)28)26-18-34-35(7)29(26)40-21(3)19-36(10-2)30(38)41-31(4,5)6/h9,11-15,17-18,20-21,32H,1,10,16,19H2,2-8H3/t21-/m0/s1. The van der Waals surface area contributed by atoms with Crippen LogP contribution in [0.2, 0.25) is 0 Å². The molecule has 0 saturated heterocycles. The third-order valence-electron chi connectivity index (χ3n) is 6.50. The van der Waals surface area contributed by atoms with E-state index in [4.69, 9.17) is 14.2 Å². The van der Waals surface area contributed by atoms with E-state index >= 15 is 0 Å². The number of anilines is 1. The Morgan fingerprint density at radius 3 is 2.59 bits per heavy atom. The lowest BCUT2D eigenvalue weighted by atomic mass is 10.1. The first kappa shape index (κ1) is 29.5. The normalized spacial score (nSPS) is 12.2. The van der Waals surface area contributed by atoms with E-state index < -0.39 is 5.60 Å². The van der Waals surface area contributed by atoms with Gasteiger partial charge in [-0.2, -0.15) is 5.10 Å². The first-order chi connectivity index (χ1) is 19.5. The molecular weight excluding hydrogens is 520 g/mol. The van der Waals surface area contributed by atoms with Crippen molar-refractivity contribution in [3.05, 3.63) is 66.8 Å². The van der Waals surface area contributed by atoms with E-state index in [1.165, 1.54) is 0 Å². The number of fused-ring (bicyclic) bond motifs is 1. The molecule has 0 radical (unpaired) electrons. The van der Waals surface area contributed by atoms with Gasteiger partial charge in [0.05, 0.1) is 43.0 Å². The first-order valence-corrected chi connectivity index (χ1v) is 13.7. The molecule has 10 heteroatoms. The fraction of sp³-hybridized carbons (Fsp3) is 0.387. The maximum absolute atomic E-state index is 12.7. The van der Waals surface area contributed by atoms with Gasteiger partial charge < -0.3 is 24.4 Å². The number of carbonyl (C=O) groups is 1. The van der Waals surface area contributed by atoms with E-state index in [1.54, 1.807) is 35.2 Å². The average Bonchev–Trinajstić information content (AvgIpc) is 3.52. The number of amides is 1. The molecule has 1 N–H and O–H groups in total. The van der Waals surface area contributed by atoms with Gasteiger partial charge in [0.1, 0.15) is 17.5 Å². The lowest BCUT2D eigenvalue weighted by Gasteiger charge is -2.28. The molecule has 3 heterocycles. The fourth-order valence-electron chi connectivity index (χ4n) is 4.44. The van der Waals surface area contributed by atoms with E-state index in [9.17, 15) is 4.79 Å². The molecule has 1 aromatic carbocycles. The second kappa shape index (κ2) is 12.4. The molecule has 0 saturated carbocycles. The van der Waals surface area contributed by atoms with Crippen LogP contribution < -0.4 is 14.8 Å². The molecule has 0 fully saturated rings. The molecule has 0 spiro atoms. The van der Waals surface area contributed by atoms with E-state index in [1.807, 2.05) is 82.6 Å². The SMILES string of the molecule is C=Cc1cnc2c(NCc3ccc(OC)cc3)cc(-c3cnn(C)c3O[C@@H](C)CN(CC)C(=O)OC(C)(C)C)cn12. The van der Waals surface area contributed by atoms with Gasteiger partial charge in [0.15, 0.2) is 5.65 Å². The third-order valence-corrected chi connectivity index (χ3v) is 6.50. The molecule has 3 aromatic heterocycles. The van der Waals surface area contributed by atoms with Crippen molar-refractivity contribution in [2.45, 2.75) is 52.9 Å². The Kier molecular flexibility index (Phi) is 8.90. The molecule has 4 aromatic rings. The molecule has 0 aliphatic carbocycles. The first-order valence-electron chi connectivity index (χ1n) is 13.7. The number of rotatable bonds is 11. The minimum atomic E-state index is -0.570. The molecule has 1 amide bonds. The van der Waals surface area contributed by atoms with Crippen molar-refractivity contribution in [1.29, 1.82) is 0 Å². The number of carbonyl (C=O) groups excluding carboxylic acids is 1. The summed E-state index contributed by atoms with van der Waals surface area (Å²) in [5.41, 5.74) is 4.76.